The van der Waals surface area contributed by atoms with E-state index in [1.54, 1.807) is 6.92 Å². The van der Waals surface area contributed by atoms with Crippen LogP contribution in [-0.4, -0.2) is 33.0 Å². The zero-order chi connectivity index (χ0) is 10.3. The normalized spacial score (nSPS) is 11.3. The highest BCUT2D eigenvalue weighted by molar-refractivity contribution is 7.53. The molecular formula is C7H15O5P. The van der Waals surface area contributed by atoms with Crippen LogP contribution < -0.4 is 0 Å². The maximum atomic E-state index is 11.4. The fraction of sp³-hybridized carbons (Fsp3) is 0.857. The molecule has 0 N–H and O–H groups in total. The summed E-state index contributed by atoms with van der Waals surface area (Å²) in [4.78, 5) is 10.9. The van der Waals surface area contributed by atoms with Gasteiger partial charge in [0.25, 0.3) is 0 Å². The van der Waals surface area contributed by atoms with E-state index in [9.17, 15) is 9.36 Å². The van der Waals surface area contributed by atoms with Crippen LogP contribution in [0, 0.1) is 0 Å². The minimum atomic E-state index is -3.06. The van der Waals surface area contributed by atoms with Crippen LogP contribution in [0.1, 0.15) is 13.3 Å². The highest BCUT2D eigenvalue weighted by Crippen LogP contribution is 2.46. The van der Waals surface area contributed by atoms with E-state index in [0.29, 0.717) is 6.61 Å². The van der Waals surface area contributed by atoms with E-state index in [0.717, 1.165) is 0 Å². The first-order valence-corrected chi connectivity index (χ1v) is 5.67. The predicted molar refractivity (Wildman–Crippen MR) is 47.7 cm³/mol. The highest BCUT2D eigenvalue weighted by Gasteiger charge is 2.22. The van der Waals surface area contributed by atoms with Gasteiger partial charge in [0.05, 0.1) is 19.2 Å². The van der Waals surface area contributed by atoms with Crippen molar-refractivity contribution in [1.29, 1.82) is 0 Å². The predicted octanol–water partition coefficient (Wildman–Crippen LogP) is 1.43. The van der Waals surface area contributed by atoms with Crippen LogP contribution in [0.4, 0.5) is 0 Å². The second kappa shape index (κ2) is 6.13. The summed E-state index contributed by atoms with van der Waals surface area (Å²) < 4.78 is 25.3. The van der Waals surface area contributed by atoms with E-state index in [4.69, 9.17) is 0 Å². The van der Waals surface area contributed by atoms with Crippen LogP contribution in [0.25, 0.3) is 0 Å². The van der Waals surface area contributed by atoms with E-state index >= 15 is 0 Å². The maximum Gasteiger partial charge on any atom is 0.330 e. The summed E-state index contributed by atoms with van der Waals surface area (Å²) in [5.41, 5.74) is 0. The maximum absolute atomic E-state index is 11.4. The lowest BCUT2D eigenvalue weighted by atomic mass is 10.5. The van der Waals surface area contributed by atoms with Gasteiger partial charge in [-0.15, -0.1) is 0 Å². The van der Waals surface area contributed by atoms with Gasteiger partial charge in [0, 0.05) is 14.2 Å². The molecule has 0 aromatic heterocycles. The van der Waals surface area contributed by atoms with Gasteiger partial charge in [0.2, 0.25) is 0 Å². The summed E-state index contributed by atoms with van der Waals surface area (Å²) in [6.45, 7) is 2.03. The second-order valence-electron chi connectivity index (χ2n) is 2.25. The van der Waals surface area contributed by atoms with E-state index in [2.05, 4.69) is 13.8 Å². The Morgan fingerprint density at radius 2 is 1.85 bits per heavy atom. The zero-order valence-electron chi connectivity index (χ0n) is 8.11. The molecule has 0 aliphatic rings. The van der Waals surface area contributed by atoms with Gasteiger partial charge in [0.1, 0.15) is 0 Å². The summed E-state index contributed by atoms with van der Waals surface area (Å²) >= 11 is 0. The molecule has 0 aliphatic carbocycles. The first kappa shape index (κ1) is 12.6. The monoisotopic (exact) mass is 210 g/mol. The highest BCUT2D eigenvalue weighted by atomic mass is 31.2. The Labute approximate surface area is 77.9 Å². The van der Waals surface area contributed by atoms with Gasteiger partial charge in [0.15, 0.2) is 0 Å². The first-order chi connectivity index (χ1) is 6.08. The number of hydrogen-bond acceptors (Lipinski definition) is 5. The van der Waals surface area contributed by atoms with Gasteiger partial charge in [-0.2, -0.15) is 0 Å². The average molecular weight is 210 g/mol. The number of carbonyl (C=O) groups excluding carboxylic acids is 1. The quantitative estimate of drug-likeness (QED) is 0.490. The zero-order valence-corrected chi connectivity index (χ0v) is 9.00. The molecule has 0 amide bonds. The molecule has 13 heavy (non-hydrogen) atoms. The largest absolute Gasteiger partial charge is 0.466 e. The van der Waals surface area contributed by atoms with Gasteiger partial charge >= 0.3 is 13.6 Å². The third-order valence-electron chi connectivity index (χ3n) is 1.45. The number of rotatable bonds is 6. The second-order valence-corrected chi connectivity index (χ2v) is 4.65. The van der Waals surface area contributed by atoms with Crippen LogP contribution in [0.5, 0.6) is 0 Å². The lowest BCUT2D eigenvalue weighted by Gasteiger charge is -2.12. The van der Waals surface area contributed by atoms with Crippen molar-refractivity contribution in [2.45, 2.75) is 13.3 Å². The Balaban J connectivity index is 3.86. The molecule has 78 valence electrons. The molecule has 0 unspecified atom stereocenters. The molecule has 0 spiro atoms. The van der Waals surface area contributed by atoms with Crippen molar-refractivity contribution >= 4 is 13.6 Å². The van der Waals surface area contributed by atoms with E-state index in [1.165, 1.54) is 14.2 Å². The van der Waals surface area contributed by atoms with Crippen molar-refractivity contribution in [3.63, 3.8) is 0 Å². The van der Waals surface area contributed by atoms with Crippen LogP contribution in [-0.2, 0) is 23.1 Å². The Kier molecular flexibility index (Phi) is 5.95. The molecule has 6 heteroatoms. The molecular weight excluding hydrogens is 195 g/mol. The van der Waals surface area contributed by atoms with Gasteiger partial charge < -0.3 is 13.8 Å². The SMILES string of the molecule is CCOC(=O)CCP(=O)(OC)OC. The molecule has 0 aliphatic heterocycles. The summed E-state index contributed by atoms with van der Waals surface area (Å²) in [6, 6.07) is 0. The Morgan fingerprint density at radius 3 is 2.23 bits per heavy atom. The summed E-state index contributed by atoms with van der Waals surface area (Å²) in [7, 11) is -0.485. The molecule has 0 atom stereocenters. The van der Waals surface area contributed by atoms with Gasteiger partial charge in [-0.25, -0.2) is 0 Å². The van der Waals surface area contributed by atoms with Crippen molar-refractivity contribution in [1.82, 2.24) is 0 Å². The van der Waals surface area contributed by atoms with E-state index < -0.39 is 13.6 Å². The molecule has 0 radical (unpaired) electrons. The Morgan fingerprint density at radius 1 is 1.31 bits per heavy atom. The number of carbonyl (C=O) groups is 1. The lowest BCUT2D eigenvalue weighted by Crippen LogP contribution is -2.07. The van der Waals surface area contributed by atoms with Crippen molar-refractivity contribution in [2.75, 3.05) is 27.0 Å². The van der Waals surface area contributed by atoms with Crippen molar-refractivity contribution in [3.8, 4) is 0 Å². The third-order valence-corrected chi connectivity index (χ3v) is 3.34. The Hall–Kier alpha value is -0.380. The van der Waals surface area contributed by atoms with E-state index in [-0.39, 0.29) is 12.6 Å². The molecule has 0 fully saturated rings. The summed E-state index contributed by atoms with van der Waals surface area (Å²) in [6.07, 6.45) is 0.103. The van der Waals surface area contributed by atoms with Crippen molar-refractivity contribution in [2.24, 2.45) is 0 Å². The molecule has 0 saturated heterocycles. The van der Waals surface area contributed by atoms with Crippen molar-refractivity contribution < 1.29 is 23.1 Å². The molecule has 0 saturated carbocycles. The van der Waals surface area contributed by atoms with Crippen LogP contribution in [0.3, 0.4) is 0 Å². The lowest BCUT2D eigenvalue weighted by molar-refractivity contribution is -0.142. The topological polar surface area (TPSA) is 61.8 Å². The smallest absolute Gasteiger partial charge is 0.330 e. The Bertz CT molecular complexity index is 195. The average Bonchev–Trinajstić information content (AvgIpc) is 2.15. The molecule has 0 aromatic rings. The minimum Gasteiger partial charge on any atom is -0.466 e. The summed E-state index contributed by atoms with van der Waals surface area (Å²) in [5.74, 6) is -0.392. The van der Waals surface area contributed by atoms with Crippen LogP contribution in [0.15, 0.2) is 0 Å². The number of hydrogen-bond donors (Lipinski definition) is 0. The summed E-state index contributed by atoms with van der Waals surface area (Å²) in [5, 5.41) is 0. The van der Waals surface area contributed by atoms with Gasteiger partial charge in [-0.05, 0) is 6.92 Å². The van der Waals surface area contributed by atoms with Gasteiger partial charge in [-0.1, -0.05) is 0 Å². The minimum absolute atomic E-state index is 0.0484. The number of ether oxygens (including phenoxy) is 1. The molecule has 0 aromatic carbocycles. The van der Waals surface area contributed by atoms with Gasteiger partial charge in [-0.3, -0.25) is 9.36 Å². The van der Waals surface area contributed by atoms with Crippen LogP contribution >= 0.6 is 7.60 Å². The number of esters is 1. The fourth-order valence-electron chi connectivity index (χ4n) is 0.718. The van der Waals surface area contributed by atoms with Crippen LogP contribution in [0.2, 0.25) is 0 Å². The molecule has 0 heterocycles. The van der Waals surface area contributed by atoms with E-state index in [1.807, 2.05) is 0 Å². The van der Waals surface area contributed by atoms with Crippen molar-refractivity contribution in [3.05, 3.63) is 0 Å². The molecule has 0 bridgehead atoms. The molecule has 5 nitrogen and oxygen atoms in total. The third kappa shape index (κ3) is 5.03. The fourth-order valence-corrected chi connectivity index (χ4v) is 1.69. The molecule has 0 rings (SSSR count). The standard InChI is InChI=1S/C7H15O5P/c1-4-12-7(8)5-6-13(9,10-2)11-3/h4-6H2,1-3H3. The first-order valence-electron chi connectivity index (χ1n) is 3.94.